The summed E-state index contributed by atoms with van der Waals surface area (Å²) in [5.41, 5.74) is 4.54. The molecule has 2 aromatic carbocycles. The van der Waals surface area contributed by atoms with Crippen molar-refractivity contribution in [2.24, 2.45) is 0 Å². The number of benzene rings is 2. The first-order chi connectivity index (χ1) is 15.5. The Kier molecular flexibility index (Phi) is 6.97. The summed E-state index contributed by atoms with van der Waals surface area (Å²) in [4.78, 5) is 20.3. The Bertz CT molecular complexity index is 1030. The third kappa shape index (κ3) is 5.41. The minimum absolute atomic E-state index is 0.0435. The van der Waals surface area contributed by atoms with Gasteiger partial charge in [-0.25, -0.2) is 0 Å². The SMILES string of the molecule is CCN(C)C(=O)CO[C@@H]1CCN(Cc2ccc(-c3ccc(-c4noc(C)n4)cc3)cc2)C1. The molecule has 32 heavy (non-hydrogen) atoms. The number of aryl methyl sites for hydroxylation is 1. The Morgan fingerprint density at radius 2 is 1.78 bits per heavy atom. The van der Waals surface area contributed by atoms with Crippen LogP contribution in [0.4, 0.5) is 0 Å². The third-order valence-electron chi connectivity index (χ3n) is 5.94. The fraction of sp³-hybridized carbons (Fsp3) is 0.400. The summed E-state index contributed by atoms with van der Waals surface area (Å²) in [5, 5.41) is 3.97. The second kappa shape index (κ2) is 10.1. The van der Waals surface area contributed by atoms with Crippen molar-refractivity contribution in [2.45, 2.75) is 32.9 Å². The van der Waals surface area contributed by atoms with Crippen LogP contribution in [0.1, 0.15) is 24.8 Å². The first-order valence-electron chi connectivity index (χ1n) is 11.1. The predicted octanol–water partition coefficient (Wildman–Crippen LogP) is 3.78. The van der Waals surface area contributed by atoms with E-state index in [1.807, 2.05) is 19.1 Å². The van der Waals surface area contributed by atoms with Crippen molar-refractivity contribution < 1.29 is 14.1 Å². The minimum atomic E-state index is 0.0435. The summed E-state index contributed by atoms with van der Waals surface area (Å²) in [7, 11) is 1.80. The molecule has 1 atom stereocenters. The van der Waals surface area contributed by atoms with E-state index in [0.29, 0.717) is 18.3 Å². The van der Waals surface area contributed by atoms with Crippen molar-refractivity contribution >= 4 is 5.91 Å². The Balaban J connectivity index is 1.29. The molecule has 1 aliphatic rings. The van der Waals surface area contributed by atoms with Crippen LogP contribution < -0.4 is 0 Å². The highest BCUT2D eigenvalue weighted by molar-refractivity contribution is 5.77. The summed E-state index contributed by atoms with van der Waals surface area (Å²) in [5.74, 6) is 1.22. The van der Waals surface area contributed by atoms with E-state index in [0.717, 1.165) is 37.2 Å². The Hall–Kier alpha value is -3.03. The van der Waals surface area contributed by atoms with Crippen molar-refractivity contribution in [3.8, 4) is 22.5 Å². The Morgan fingerprint density at radius 3 is 2.41 bits per heavy atom. The second-order valence-corrected chi connectivity index (χ2v) is 8.28. The topological polar surface area (TPSA) is 71.7 Å². The molecule has 7 heteroatoms. The first-order valence-corrected chi connectivity index (χ1v) is 11.1. The number of likely N-dealkylation sites (tertiary alicyclic amines) is 1. The van der Waals surface area contributed by atoms with Crippen molar-refractivity contribution in [1.82, 2.24) is 19.9 Å². The summed E-state index contributed by atoms with van der Waals surface area (Å²) >= 11 is 0. The van der Waals surface area contributed by atoms with Gasteiger partial charge in [-0.05, 0) is 30.0 Å². The van der Waals surface area contributed by atoms with E-state index in [-0.39, 0.29) is 18.6 Å². The highest BCUT2D eigenvalue weighted by Gasteiger charge is 2.24. The lowest BCUT2D eigenvalue weighted by atomic mass is 10.0. The predicted molar refractivity (Wildman–Crippen MR) is 123 cm³/mol. The fourth-order valence-electron chi connectivity index (χ4n) is 3.84. The van der Waals surface area contributed by atoms with Crippen molar-refractivity contribution in [3.05, 3.63) is 60.0 Å². The van der Waals surface area contributed by atoms with Gasteiger partial charge in [0.15, 0.2) is 0 Å². The number of aromatic nitrogens is 2. The van der Waals surface area contributed by atoms with Crippen LogP contribution in [0.25, 0.3) is 22.5 Å². The van der Waals surface area contributed by atoms with Gasteiger partial charge in [0, 0.05) is 45.7 Å². The number of likely N-dealkylation sites (N-methyl/N-ethyl adjacent to an activating group) is 1. The molecular weight excluding hydrogens is 404 g/mol. The third-order valence-corrected chi connectivity index (χ3v) is 5.94. The molecule has 1 aromatic heterocycles. The van der Waals surface area contributed by atoms with Gasteiger partial charge in [-0.3, -0.25) is 9.69 Å². The zero-order valence-electron chi connectivity index (χ0n) is 19.0. The second-order valence-electron chi connectivity index (χ2n) is 8.28. The molecule has 0 bridgehead atoms. The maximum Gasteiger partial charge on any atom is 0.248 e. The number of amides is 1. The van der Waals surface area contributed by atoms with Crippen LogP contribution in [0.3, 0.4) is 0 Å². The smallest absolute Gasteiger partial charge is 0.248 e. The molecule has 2 heterocycles. The van der Waals surface area contributed by atoms with E-state index in [2.05, 4.69) is 51.4 Å². The van der Waals surface area contributed by atoms with Gasteiger partial charge < -0.3 is 14.2 Å². The van der Waals surface area contributed by atoms with Gasteiger partial charge in [-0.15, -0.1) is 0 Å². The highest BCUT2D eigenvalue weighted by Crippen LogP contribution is 2.24. The van der Waals surface area contributed by atoms with Gasteiger partial charge in [-0.1, -0.05) is 53.7 Å². The fourth-order valence-corrected chi connectivity index (χ4v) is 3.84. The van der Waals surface area contributed by atoms with Crippen LogP contribution in [-0.4, -0.2) is 65.2 Å². The molecule has 0 radical (unpaired) electrons. The molecule has 0 unspecified atom stereocenters. The Morgan fingerprint density at radius 1 is 1.12 bits per heavy atom. The van der Waals surface area contributed by atoms with E-state index >= 15 is 0 Å². The zero-order chi connectivity index (χ0) is 22.5. The van der Waals surface area contributed by atoms with Gasteiger partial charge in [0.1, 0.15) is 6.61 Å². The minimum Gasteiger partial charge on any atom is -0.367 e. The van der Waals surface area contributed by atoms with Gasteiger partial charge in [0.25, 0.3) is 0 Å². The molecule has 1 aliphatic heterocycles. The number of hydrogen-bond donors (Lipinski definition) is 0. The first kappa shape index (κ1) is 22.2. The van der Waals surface area contributed by atoms with Crippen LogP contribution in [-0.2, 0) is 16.1 Å². The van der Waals surface area contributed by atoms with Crippen LogP contribution >= 0.6 is 0 Å². The molecule has 1 amide bonds. The average molecular weight is 435 g/mol. The van der Waals surface area contributed by atoms with E-state index in [9.17, 15) is 4.79 Å². The summed E-state index contributed by atoms with van der Waals surface area (Å²) in [6, 6.07) is 16.9. The van der Waals surface area contributed by atoms with E-state index in [4.69, 9.17) is 9.26 Å². The maximum atomic E-state index is 11.9. The Labute approximate surface area is 189 Å². The molecule has 1 saturated heterocycles. The molecule has 1 fully saturated rings. The van der Waals surface area contributed by atoms with Crippen molar-refractivity contribution in [1.29, 1.82) is 0 Å². The maximum absolute atomic E-state index is 11.9. The number of hydrogen-bond acceptors (Lipinski definition) is 6. The standard InChI is InChI=1S/C25H30N4O3/c1-4-28(3)24(30)17-31-23-13-14-29(16-23)15-19-5-7-20(8-6-19)21-9-11-22(12-10-21)25-26-18(2)32-27-25/h5-12,23H,4,13-17H2,1-3H3/t23-/m1/s1. The summed E-state index contributed by atoms with van der Waals surface area (Å²) in [6.45, 7) is 7.37. The lowest BCUT2D eigenvalue weighted by Gasteiger charge is -2.18. The van der Waals surface area contributed by atoms with Crippen LogP contribution in [0, 0.1) is 6.92 Å². The van der Waals surface area contributed by atoms with Crippen molar-refractivity contribution in [2.75, 3.05) is 33.3 Å². The number of carbonyl (C=O) groups is 1. The number of carbonyl (C=O) groups excluding carboxylic acids is 1. The molecule has 3 aromatic rings. The number of ether oxygens (including phenoxy) is 1. The average Bonchev–Trinajstić information content (AvgIpc) is 3.46. The van der Waals surface area contributed by atoms with E-state index in [1.165, 1.54) is 11.1 Å². The van der Waals surface area contributed by atoms with Gasteiger partial charge >= 0.3 is 0 Å². The normalized spacial score (nSPS) is 16.4. The lowest BCUT2D eigenvalue weighted by molar-refractivity contribution is -0.136. The molecule has 0 N–H and O–H groups in total. The van der Waals surface area contributed by atoms with Crippen LogP contribution in [0.15, 0.2) is 53.1 Å². The van der Waals surface area contributed by atoms with E-state index < -0.39 is 0 Å². The van der Waals surface area contributed by atoms with Crippen LogP contribution in [0.2, 0.25) is 0 Å². The van der Waals surface area contributed by atoms with Gasteiger partial charge in [-0.2, -0.15) is 4.98 Å². The molecule has 7 nitrogen and oxygen atoms in total. The zero-order valence-corrected chi connectivity index (χ0v) is 19.0. The van der Waals surface area contributed by atoms with E-state index in [1.54, 1.807) is 18.9 Å². The largest absolute Gasteiger partial charge is 0.367 e. The highest BCUT2D eigenvalue weighted by atomic mass is 16.5. The summed E-state index contributed by atoms with van der Waals surface area (Å²) in [6.07, 6.45) is 1.10. The van der Waals surface area contributed by atoms with Gasteiger partial charge in [0.2, 0.25) is 17.6 Å². The van der Waals surface area contributed by atoms with Gasteiger partial charge in [0.05, 0.1) is 6.10 Å². The van der Waals surface area contributed by atoms with Crippen LogP contribution in [0.5, 0.6) is 0 Å². The number of rotatable bonds is 8. The quantitative estimate of drug-likeness (QED) is 0.537. The molecule has 4 rings (SSSR count). The molecular formula is C25H30N4O3. The number of nitrogens with zero attached hydrogens (tertiary/aromatic N) is 4. The lowest BCUT2D eigenvalue weighted by Crippen LogP contribution is -2.32. The summed E-state index contributed by atoms with van der Waals surface area (Å²) < 4.78 is 10.9. The van der Waals surface area contributed by atoms with Crippen molar-refractivity contribution in [3.63, 3.8) is 0 Å². The monoisotopic (exact) mass is 434 g/mol. The molecule has 0 spiro atoms. The molecule has 168 valence electrons. The molecule has 0 saturated carbocycles. The molecule has 0 aliphatic carbocycles.